The highest BCUT2D eigenvalue weighted by atomic mass is 32.2. The lowest BCUT2D eigenvalue weighted by Gasteiger charge is -2.42. The molecule has 4 aliphatic rings. The Morgan fingerprint density at radius 2 is 1.90 bits per heavy atom. The third-order valence-corrected chi connectivity index (χ3v) is 7.02. The van der Waals surface area contributed by atoms with Crippen LogP contribution >= 0.6 is 0 Å². The SMILES string of the molecule is CS(=O)(=O)N[C@H]1CCCN2COc3c(F)cc(F)cc3C3CCC(CC3)OC[C@@H]12. The van der Waals surface area contributed by atoms with Crippen LogP contribution in [0, 0.1) is 11.6 Å². The molecule has 1 saturated carbocycles. The van der Waals surface area contributed by atoms with Crippen LogP contribution in [0.2, 0.25) is 0 Å². The highest BCUT2D eigenvalue weighted by molar-refractivity contribution is 7.88. The Bertz CT molecular complexity index is 843. The second kappa shape index (κ2) is 8.45. The van der Waals surface area contributed by atoms with Crippen molar-refractivity contribution in [3.63, 3.8) is 0 Å². The van der Waals surface area contributed by atoms with Gasteiger partial charge in [-0.2, -0.15) is 0 Å². The van der Waals surface area contributed by atoms with Crippen LogP contribution in [-0.4, -0.2) is 57.6 Å². The molecule has 1 aromatic carbocycles. The summed E-state index contributed by atoms with van der Waals surface area (Å²) in [6.45, 7) is 1.19. The zero-order valence-corrected chi connectivity index (χ0v) is 17.4. The fraction of sp³-hybridized carbons (Fsp3) is 0.700. The molecule has 0 radical (unpaired) electrons. The zero-order chi connectivity index (χ0) is 20.6. The molecule has 3 aliphatic heterocycles. The lowest BCUT2D eigenvalue weighted by Crippen LogP contribution is -2.58. The first-order valence-electron chi connectivity index (χ1n) is 10.2. The van der Waals surface area contributed by atoms with Gasteiger partial charge in [-0.05, 0) is 50.5 Å². The summed E-state index contributed by atoms with van der Waals surface area (Å²) in [5.74, 6) is -1.11. The zero-order valence-electron chi connectivity index (χ0n) is 16.6. The van der Waals surface area contributed by atoms with Crippen LogP contribution in [0.5, 0.6) is 5.75 Å². The van der Waals surface area contributed by atoms with E-state index in [1.165, 1.54) is 6.07 Å². The van der Waals surface area contributed by atoms with Gasteiger partial charge in [-0.1, -0.05) is 0 Å². The number of nitrogens with zero attached hydrogens (tertiary/aromatic N) is 1. The van der Waals surface area contributed by atoms with Crippen molar-refractivity contribution in [1.29, 1.82) is 0 Å². The normalized spacial score (nSPS) is 31.1. The lowest BCUT2D eigenvalue weighted by atomic mass is 9.82. The molecule has 2 fully saturated rings. The number of hydrogen-bond acceptors (Lipinski definition) is 5. The van der Waals surface area contributed by atoms with E-state index in [4.69, 9.17) is 9.47 Å². The van der Waals surface area contributed by atoms with E-state index in [1.807, 2.05) is 4.90 Å². The van der Waals surface area contributed by atoms with Crippen LogP contribution in [0.4, 0.5) is 8.78 Å². The second-order valence-corrected chi connectivity index (χ2v) is 10.2. The van der Waals surface area contributed by atoms with Gasteiger partial charge in [-0.25, -0.2) is 21.9 Å². The molecule has 0 amide bonds. The minimum absolute atomic E-state index is 0.0475. The molecule has 5 rings (SSSR count). The van der Waals surface area contributed by atoms with E-state index in [9.17, 15) is 17.2 Å². The maximum absolute atomic E-state index is 14.6. The van der Waals surface area contributed by atoms with Crippen LogP contribution in [0.15, 0.2) is 12.1 Å². The van der Waals surface area contributed by atoms with Gasteiger partial charge < -0.3 is 9.47 Å². The molecular weight excluding hydrogens is 402 g/mol. The average molecular weight is 431 g/mol. The first kappa shape index (κ1) is 21.0. The Labute approximate surface area is 170 Å². The Kier molecular flexibility index (Phi) is 6.11. The van der Waals surface area contributed by atoms with Crippen molar-refractivity contribution in [1.82, 2.24) is 9.62 Å². The number of sulfonamides is 1. The van der Waals surface area contributed by atoms with Gasteiger partial charge in [0.15, 0.2) is 11.6 Å². The molecule has 9 heteroatoms. The van der Waals surface area contributed by atoms with E-state index >= 15 is 0 Å². The summed E-state index contributed by atoms with van der Waals surface area (Å²) in [6, 6.07) is 1.75. The van der Waals surface area contributed by atoms with Gasteiger partial charge in [0.25, 0.3) is 0 Å². The van der Waals surface area contributed by atoms with E-state index < -0.39 is 21.7 Å². The van der Waals surface area contributed by atoms with Gasteiger partial charge in [0.2, 0.25) is 10.0 Å². The monoisotopic (exact) mass is 430 g/mol. The van der Waals surface area contributed by atoms with Gasteiger partial charge in [-0.3, -0.25) is 4.90 Å². The van der Waals surface area contributed by atoms with E-state index in [2.05, 4.69) is 4.72 Å². The van der Waals surface area contributed by atoms with E-state index in [0.29, 0.717) is 25.1 Å². The Morgan fingerprint density at radius 3 is 2.62 bits per heavy atom. The summed E-state index contributed by atoms with van der Waals surface area (Å²) in [5, 5.41) is 0. The molecule has 0 aromatic heterocycles. The number of fused-ring (bicyclic) bond motifs is 4. The molecule has 1 aliphatic carbocycles. The second-order valence-electron chi connectivity index (χ2n) is 8.40. The van der Waals surface area contributed by atoms with Gasteiger partial charge in [0.1, 0.15) is 12.5 Å². The standard InChI is InChI=1S/C20H28F2N2O4S/c1-29(25,26)23-18-3-2-8-24-12-28-20-16(9-14(21)10-17(20)22)13-4-6-15(7-5-13)27-11-19(18)24/h9-10,13,15,18-19,23H,2-8,11-12H2,1H3/t13?,15?,18-,19-/m0/s1. The quantitative estimate of drug-likeness (QED) is 0.782. The average Bonchev–Trinajstić information content (AvgIpc) is 2.64. The van der Waals surface area contributed by atoms with Crippen molar-refractivity contribution in [3.8, 4) is 5.75 Å². The minimum Gasteiger partial charge on any atom is -0.475 e. The first-order valence-corrected chi connectivity index (χ1v) is 12.1. The molecule has 29 heavy (non-hydrogen) atoms. The van der Waals surface area contributed by atoms with Crippen LogP contribution in [0.3, 0.4) is 0 Å². The fourth-order valence-corrected chi connectivity index (χ4v) is 5.70. The number of piperidine rings is 1. The third-order valence-electron chi connectivity index (χ3n) is 6.29. The molecular formula is C20H28F2N2O4S. The summed E-state index contributed by atoms with van der Waals surface area (Å²) in [7, 11) is -3.37. The van der Waals surface area contributed by atoms with Crippen LogP contribution < -0.4 is 9.46 Å². The molecule has 1 aromatic rings. The van der Waals surface area contributed by atoms with Gasteiger partial charge in [-0.15, -0.1) is 0 Å². The maximum atomic E-state index is 14.6. The number of halogens is 2. The molecule has 0 spiro atoms. The van der Waals surface area contributed by atoms with Gasteiger partial charge in [0, 0.05) is 24.2 Å². The largest absolute Gasteiger partial charge is 0.475 e. The van der Waals surface area contributed by atoms with Crippen LogP contribution in [0.25, 0.3) is 0 Å². The van der Waals surface area contributed by atoms with Crippen molar-refractivity contribution < 1.29 is 26.7 Å². The van der Waals surface area contributed by atoms with Crippen LogP contribution in [0.1, 0.15) is 50.0 Å². The third kappa shape index (κ3) is 4.90. The molecule has 1 saturated heterocycles. The number of benzene rings is 1. The van der Waals surface area contributed by atoms with Crippen LogP contribution in [-0.2, 0) is 14.8 Å². The molecule has 1 N–H and O–H groups in total. The molecule has 3 heterocycles. The molecule has 0 unspecified atom stereocenters. The number of rotatable bonds is 2. The van der Waals surface area contributed by atoms with Crippen molar-refractivity contribution in [2.75, 3.05) is 26.1 Å². The first-order chi connectivity index (χ1) is 13.8. The van der Waals surface area contributed by atoms with Crippen molar-refractivity contribution in [3.05, 3.63) is 29.3 Å². The topological polar surface area (TPSA) is 67.9 Å². The predicted octanol–water partition coefficient (Wildman–Crippen LogP) is 2.74. The Hall–Kier alpha value is -1.29. The molecule has 2 bridgehead atoms. The summed E-state index contributed by atoms with van der Waals surface area (Å²) in [4.78, 5) is 1.99. The van der Waals surface area contributed by atoms with E-state index in [-0.39, 0.29) is 36.6 Å². The summed E-state index contributed by atoms with van der Waals surface area (Å²) in [6.07, 6.45) is 5.90. The fourth-order valence-electron chi connectivity index (χ4n) is 4.88. The van der Waals surface area contributed by atoms with E-state index in [1.54, 1.807) is 0 Å². The maximum Gasteiger partial charge on any atom is 0.209 e. The van der Waals surface area contributed by atoms with Crippen molar-refractivity contribution in [2.45, 2.75) is 62.6 Å². The lowest BCUT2D eigenvalue weighted by molar-refractivity contribution is -0.0481. The molecule has 6 nitrogen and oxygen atoms in total. The van der Waals surface area contributed by atoms with Gasteiger partial charge >= 0.3 is 0 Å². The van der Waals surface area contributed by atoms with Crippen molar-refractivity contribution >= 4 is 10.0 Å². The van der Waals surface area contributed by atoms with Gasteiger partial charge in [0.05, 0.1) is 25.0 Å². The smallest absolute Gasteiger partial charge is 0.209 e. The number of ether oxygens (including phenoxy) is 2. The highest BCUT2D eigenvalue weighted by Gasteiger charge is 2.36. The molecule has 162 valence electrons. The minimum atomic E-state index is -3.37. The number of nitrogens with one attached hydrogen (secondary N) is 1. The number of hydrogen-bond donors (Lipinski definition) is 1. The predicted molar refractivity (Wildman–Crippen MR) is 104 cm³/mol. The summed E-state index contributed by atoms with van der Waals surface area (Å²) in [5.41, 5.74) is 0.584. The molecule has 2 atom stereocenters. The summed E-state index contributed by atoms with van der Waals surface area (Å²) < 4.78 is 67.0. The highest BCUT2D eigenvalue weighted by Crippen LogP contribution is 2.40. The summed E-state index contributed by atoms with van der Waals surface area (Å²) >= 11 is 0. The van der Waals surface area contributed by atoms with Crippen molar-refractivity contribution in [2.24, 2.45) is 0 Å². The Balaban J connectivity index is 1.65. The Morgan fingerprint density at radius 1 is 1.14 bits per heavy atom. The van der Waals surface area contributed by atoms with E-state index in [0.717, 1.165) is 44.4 Å².